The summed E-state index contributed by atoms with van der Waals surface area (Å²) in [7, 11) is 1.52. The van der Waals surface area contributed by atoms with E-state index in [0.29, 0.717) is 17.0 Å². The second-order valence-corrected chi connectivity index (χ2v) is 4.34. The summed E-state index contributed by atoms with van der Waals surface area (Å²) < 4.78 is 10.3. The topological polar surface area (TPSA) is 74.4 Å². The molecule has 0 saturated carbocycles. The zero-order valence-corrected chi connectivity index (χ0v) is 11.4. The maximum absolute atomic E-state index is 12.0. The van der Waals surface area contributed by atoms with Crippen molar-refractivity contribution in [3.63, 3.8) is 0 Å². The number of anilines is 1. The first-order valence-corrected chi connectivity index (χ1v) is 6.12. The Balaban J connectivity index is 2.09. The van der Waals surface area contributed by atoms with Gasteiger partial charge in [0.1, 0.15) is 12.4 Å². The number of aryl methyl sites for hydroxylation is 1. The smallest absolute Gasteiger partial charge is 0.338 e. The van der Waals surface area contributed by atoms with Crippen molar-refractivity contribution in [2.24, 2.45) is 0 Å². The summed E-state index contributed by atoms with van der Waals surface area (Å²) in [4.78, 5) is 16.2. The molecule has 1 aromatic carbocycles. The van der Waals surface area contributed by atoms with E-state index < -0.39 is 5.97 Å². The minimum Gasteiger partial charge on any atom is -0.497 e. The minimum absolute atomic E-state index is 0.128. The van der Waals surface area contributed by atoms with Crippen LogP contribution >= 0.6 is 0 Å². The fourth-order valence-corrected chi connectivity index (χ4v) is 1.74. The molecular formula is C15H16N2O3. The van der Waals surface area contributed by atoms with E-state index in [-0.39, 0.29) is 6.61 Å². The fourth-order valence-electron chi connectivity index (χ4n) is 1.74. The lowest BCUT2D eigenvalue weighted by Crippen LogP contribution is -2.08. The van der Waals surface area contributed by atoms with E-state index in [2.05, 4.69) is 4.98 Å². The molecule has 0 bridgehead atoms. The number of nitrogens with zero attached hydrogens (tertiary/aromatic N) is 1. The third kappa shape index (κ3) is 3.26. The third-order valence-corrected chi connectivity index (χ3v) is 2.86. The van der Waals surface area contributed by atoms with E-state index in [1.54, 1.807) is 24.4 Å². The Hall–Kier alpha value is -2.56. The van der Waals surface area contributed by atoms with Crippen molar-refractivity contribution in [2.75, 3.05) is 12.8 Å². The lowest BCUT2D eigenvalue weighted by Gasteiger charge is -2.08. The van der Waals surface area contributed by atoms with Gasteiger partial charge in [-0.05, 0) is 30.7 Å². The van der Waals surface area contributed by atoms with Gasteiger partial charge in [-0.1, -0.05) is 6.07 Å². The summed E-state index contributed by atoms with van der Waals surface area (Å²) in [6.45, 7) is 2.04. The normalized spacial score (nSPS) is 10.1. The van der Waals surface area contributed by atoms with Gasteiger partial charge < -0.3 is 15.2 Å². The Labute approximate surface area is 117 Å². The number of methoxy groups -OCH3 is 1. The third-order valence-electron chi connectivity index (χ3n) is 2.86. The molecule has 0 atom stereocenters. The molecule has 0 radical (unpaired) electrons. The molecule has 0 aliphatic rings. The zero-order chi connectivity index (χ0) is 14.5. The molecule has 104 valence electrons. The lowest BCUT2D eigenvalue weighted by atomic mass is 10.2. The number of hydrogen-bond acceptors (Lipinski definition) is 5. The van der Waals surface area contributed by atoms with Gasteiger partial charge in [-0.2, -0.15) is 0 Å². The molecule has 2 aromatic rings. The Morgan fingerprint density at radius 2 is 2.15 bits per heavy atom. The Morgan fingerprint density at radius 3 is 2.85 bits per heavy atom. The summed E-state index contributed by atoms with van der Waals surface area (Å²) in [5, 5.41) is 0. The number of nitrogens with two attached hydrogens (primary N) is 1. The van der Waals surface area contributed by atoms with E-state index in [9.17, 15) is 4.79 Å². The van der Waals surface area contributed by atoms with Crippen LogP contribution in [0, 0.1) is 6.92 Å². The van der Waals surface area contributed by atoms with Crippen LogP contribution in [0.4, 0.5) is 5.69 Å². The number of carbonyl (C=O) groups is 1. The summed E-state index contributed by atoms with van der Waals surface area (Å²) in [5.41, 5.74) is 8.22. The predicted molar refractivity (Wildman–Crippen MR) is 75.5 cm³/mol. The number of esters is 1. The molecule has 1 heterocycles. The van der Waals surface area contributed by atoms with Crippen molar-refractivity contribution >= 4 is 11.7 Å². The highest BCUT2D eigenvalue weighted by atomic mass is 16.5. The van der Waals surface area contributed by atoms with Crippen LogP contribution in [0.15, 0.2) is 36.5 Å². The van der Waals surface area contributed by atoms with Crippen LogP contribution < -0.4 is 10.5 Å². The van der Waals surface area contributed by atoms with E-state index in [1.165, 1.54) is 7.11 Å². The largest absolute Gasteiger partial charge is 0.497 e. The van der Waals surface area contributed by atoms with Gasteiger partial charge in [-0.3, -0.25) is 4.98 Å². The summed E-state index contributed by atoms with van der Waals surface area (Å²) in [6, 6.07) is 8.53. The van der Waals surface area contributed by atoms with Crippen molar-refractivity contribution in [1.82, 2.24) is 4.98 Å². The predicted octanol–water partition coefficient (Wildman–Crippen LogP) is 2.34. The average molecular weight is 272 g/mol. The fraction of sp³-hybridized carbons (Fsp3) is 0.200. The highest BCUT2D eigenvalue weighted by Gasteiger charge is 2.11. The number of pyridine rings is 1. The van der Waals surface area contributed by atoms with Gasteiger partial charge in [0.25, 0.3) is 0 Å². The SMILES string of the molecule is COc1cc(N)cc(C(=O)OCc2ncccc2C)c1. The van der Waals surface area contributed by atoms with Crippen LogP contribution in [-0.4, -0.2) is 18.1 Å². The van der Waals surface area contributed by atoms with Crippen molar-refractivity contribution in [3.05, 3.63) is 53.3 Å². The number of nitrogen functional groups attached to an aromatic ring is 1. The standard InChI is InChI=1S/C15H16N2O3/c1-10-4-3-5-17-14(10)9-20-15(18)11-6-12(16)8-13(7-11)19-2/h3-8H,9,16H2,1-2H3. The van der Waals surface area contributed by atoms with Gasteiger partial charge >= 0.3 is 5.97 Å². The Bertz CT molecular complexity index is 626. The van der Waals surface area contributed by atoms with Gasteiger partial charge in [0.2, 0.25) is 0 Å². The molecule has 2 N–H and O–H groups in total. The monoisotopic (exact) mass is 272 g/mol. The van der Waals surface area contributed by atoms with Gasteiger partial charge in [-0.25, -0.2) is 4.79 Å². The van der Waals surface area contributed by atoms with E-state index in [4.69, 9.17) is 15.2 Å². The summed E-state index contributed by atoms with van der Waals surface area (Å²) >= 11 is 0. The molecule has 0 unspecified atom stereocenters. The maximum Gasteiger partial charge on any atom is 0.338 e. The van der Waals surface area contributed by atoms with Crippen LogP contribution in [0.1, 0.15) is 21.6 Å². The molecule has 1 aromatic heterocycles. The van der Waals surface area contributed by atoms with Gasteiger partial charge in [-0.15, -0.1) is 0 Å². The molecule has 2 rings (SSSR count). The molecule has 0 spiro atoms. The molecule has 0 fully saturated rings. The van der Waals surface area contributed by atoms with E-state index in [1.807, 2.05) is 19.1 Å². The number of ether oxygens (including phenoxy) is 2. The minimum atomic E-state index is -0.458. The van der Waals surface area contributed by atoms with Crippen LogP contribution in [0.25, 0.3) is 0 Å². The molecule has 5 nitrogen and oxygen atoms in total. The maximum atomic E-state index is 12.0. The van der Waals surface area contributed by atoms with Crippen LogP contribution in [0.5, 0.6) is 5.75 Å². The van der Waals surface area contributed by atoms with Gasteiger partial charge in [0, 0.05) is 18.0 Å². The second kappa shape index (κ2) is 6.06. The number of aromatic nitrogens is 1. The quantitative estimate of drug-likeness (QED) is 0.683. The van der Waals surface area contributed by atoms with E-state index >= 15 is 0 Å². The van der Waals surface area contributed by atoms with Crippen LogP contribution in [0.3, 0.4) is 0 Å². The molecule has 0 aliphatic carbocycles. The van der Waals surface area contributed by atoms with Gasteiger partial charge in [0.05, 0.1) is 18.4 Å². The molecule has 0 aliphatic heterocycles. The molecular weight excluding hydrogens is 256 g/mol. The Kier molecular flexibility index (Phi) is 4.20. The van der Waals surface area contributed by atoms with Crippen molar-refractivity contribution in [1.29, 1.82) is 0 Å². The molecule has 20 heavy (non-hydrogen) atoms. The number of rotatable bonds is 4. The highest BCUT2D eigenvalue weighted by Crippen LogP contribution is 2.19. The highest BCUT2D eigenvalue weighted by molar-refractivity contribution is 5.91. The molecule has 0 amide bonds. The van der Waals surface area contributed by atoms with Crippen LogP contribution in [-0.2, 0) is 11.3 Å². The first-order valence-electron chi connectivity index (χ1n) is 6.12. The van der Waals surface area contributed by atoms with Crippen molar-refractivity contribution in [2.45, 2.75) is 13.5 Å². The lowest BCUT2D eigenvalue weighted by molar-refractivity contribution is 0.0467. The molecule has 5 heteroatoms. The van der Waals surface area contributed by atoms with Gasteiger partial charge in [0.15, 0.2) is 0 Å². The number of benzene rings is 1. The first kappa shape index (κ1) is 13.9. The number of carbonyl (C=O) groups excluding carboxylic acids is 1. The molecule has 0 saturated heterocycles. The van der Waals surface area contributed by atoms with Crippen molar-refractivity contribution in [3.8, 4) is 5.75 Å². The first-order chi connectivity index (χ1) is 9.60. The van der Waals surface area contributed by atoms with Crippen LogP contribution in [0.2, 0.25) is 0 Å². The summed E-state index contributed by atoms with van der Waals surface area (Å²) in [5.74, 6) is 0.0617. The second-order valence-electron chi connectivity index (χ2n) is 4.34. The van der Waals surface area contributed by atoms with Crippen molar-refractivity contribution < 1.29 is 14.3 Å². The average Bonchev–Trinajstić information content (AvgIpc) is 2.45. The zero-order valence-electron chi connectivity index (χ0n) is 11.4. The Morgan fingerprint density at radius 1 is 1.35 bits per heavy atom. The number of hydrogen-bond donors (Lipinski definition) is 1. The van der Waals surface area contributed by atoms with E-state index in [0.717, 1.165) is 11.3 Å². The summed E-state index contributed by atoms with van der Waals surface area (Å²) in [6.07, 6.45) is 1.67.